The summed E-state index contributed by atoms with van der Waals surface area (Å²) in [6.07, 6.45) is 4.93. The van der Waals surface area contributed by atoms with Gasteiger partial charge in [-0.1, -0.05) is 40.0 Å². The van der Waals surface area contributed by atoms with Crippen LogP contribution < -0.4 is 10.6 Å². The fraction of sp³-hybridized carbons (Fsp3) is 0.882. The maximum Gasteiger partial charge on any atom is 0.243 e. The monoisotopic (exact) mass is 456 g/mol. The SMILES string of the molecule is CCCCCC(C)(C)CNC(=NCC(=O)N(C)C)NCCOC.I. The molecular weight excluding hydrogens is 419 g/mol. The number of nitrogens with one attached hydrogen (secondary N) is 2. The van der Waals surface area contributed by atoms with Crippen LogP contribution in [0, 0.1) is 5.41 Å². The minimum Gasteiger partial charge on any atom is -0.383 e. The number of ether oxygens (including phenoxy) is 1. The average molecular weight is 456 g/mol. The van der Waals surface area contributed by atoms with Gasteiger partial charge >= 0.3 is 0 Å². The van der Waals surface area contributed by atoms with E-state index in [2.05, 4.69) is 36.4 Å². The molecule has 0 saturated heterocycles. The first-order chi connectivity index (χ1) is 10.8. The third-order valence-electron chi connectivity index (χ3n) is 3.66. The molecule has 2 N–H and O–H groups in total. The Morgan fingerprint density at radius 1 is 1.21 bits per heavy atom. The van der Waals surface area contributed by atoms with Crippen molar-refractivity contribution in [2.24, 2.45) is 10.4 Å². The molecule has 0 bridgehead atoms. The van der Waals surface area contributed by atoms with Gasteiger partial charge in [0.25, 0.3) is 0 Å². The van der Waals surface area contributed by atoms with Crippen molar-refractivity contribution in [3.8, 4) is 0 Å². The zero-order valence-corrected chi connectivity index (χ0v) is 18.6. The van der Waals surface area contributed by atoms with Crippen molar-refractivity contribution >= 4 is 35.8 Å². The highest BCUT2D eigenvalue weighted by Crippen LogP contribution is 2.22. The van der Waals surface area contributed by atoms with Gasteiger partial charge < -0.3 is 20.3 Å². The first kappa shape index (κ1) is 25.7. The predicted molar refractivity (Wildman–Crippen MR) is 112 cm³/mol. The van der Waals surface area contributed by atoms with Gasteiger partial charge in [0.15, 0.2) is 5.96 Å². The van der Waals surface area contributed by atoms with Crippen molar-refractivity contribution in [3.05, 3.63) is 0 Å². The summed E-state index contributed by atoms with van der Waals surface area (Å²) in [6, 6.07) is 0. The summed E-state index contributed by atoms with van der Waals surface area (Å²) in [5.74, 6) is 0.654. The molecule has 0 aliphatic carbocycles. The summed E-state index contributed by atoms with van der Waals surface area (Å²) in [6.45, 7) is 8.96. The first-order valence-corrected chi connectivity index (χ1v) is 8.53. The van der Waals surface area contributed by atoms with E-state index in [0.29, 0.717) is 19.1 Å². The van der Waals surface area contributed by atoms with Gasteiger partial charge in [0.1, 0.15) is 6.54 Å². The van der Waals surface area contributed by atoms with Crippen molar-refractivity contribution in [1.29, 1.82) is 0 Å². The maximum absolute atomic E-state index is 11.7. The second-order valence-electron chi connectivity index (χ2n) is 6.85. The van der Waals surface area contributed by atoms with E-state index in [9.17, 15) is 4.79 Å². The number of guanidine groups is 1. The molecule has 0 rings (SSSR count). The van der Waals surface area contributed by atoms with E-state index in [0.717, 1.165) is 6.54 Å². The second-order valence-corrected chi connectivity index (χ2v) is 6.85. The summed E-state index contributed by atoms with van der Waals surface area (Å²) in [4.78, 5) is 17.6. The summed E-state index contributed by atoms with van der Waals surface area (Å²) in [5.41, 5.74) is 0.199. The van der Waals surface area contributed by atoms with Crippen molar-refractivity contribution in [3.63, 3.8) is 0 Å². The average Bonchev–Trinajstić information content (AvgIpc) is 2.49. The molecule has 0 fully saturated rings. The molecular formula is C17H37IN4O2. The van der Waals surface area contributed by atoms with E-state index in [-0.39, 0.29) is 41.8 Å². The Morgan fingerprint density at radius 2 is 1.88 bits per heavy atom. The molecule has 0 aliphatic heterocycles. The largest absolute Gasteiger partial charge is 0.383 e. The fourth-order valence-corrected chi connectivity index (χ4v) is 2.00. The number of amides is 1. The number of halogens is 1. The summed E-state index contributed by atoms with van der Waals surface area (Å²) in [5, 5.41) is 6.55. The molecule has 0 heterocycles. The van der Waals surface area contributed by atoms with Gasteiger partial charge in [0.05, 0.1) is 6.61 Å². The van der Waals surface area contributed by atoms with Crippen molar-refractivity contribution in [2.75, 3.05) is 47.4 Å². The third kappa shape index (κ3) is 13.8. The number of carbonyl (C=O) groups excluding carboxylic acids is 1. The van der Waals surface area contributed by atoms with Crippen LogP contribution in [-0.4, -0.2) is 64.2 Å². The standard InChI is InChI=1S/C17H36N4O2.HI/c1-7-8-9-10-17(2,3)14-20-16(18-11-12-23-6)19-13-15(22)21(4)5;/h7-14H2,1-6H3,(H2,18,19,20);1H. The minimum atomic E-state index is -0.0138. The molecule has 7 heteroatoms. The molecule has 0 aromatic rings. The molecule has 0 spiro atoms. The highest BCUT2D eigenvalue weighted by molar-refractivity contribution is 14.0. The van der Waals surface area contributed by atoms with Crippen LogP contribution in [0.3, 0.4) is 0 Å². The molecule has 0 aliphatic rings. The van der Waals surface area contributed by atoms with Crippen molar-refractivity contribution in [2.45, 2.75) is 46.5 Å². The highest BCUT2D eigenvalue weighted by atomic mass is 127. The lowest BCUT2D eigenvalue weighted by Crippen LogP contribution is -2.43. The first-order valence-electron chi connectivity index (χ1n) is 8.53. The Balaban J connectivity index is 0. The quantitative estimate of drug-likeness (QED) is 0.217. The van der Waals surface area contributed by atoms with Crippen LogP contribution in [0.1, 0.15) is 46.5 Å². The van der Waals surface area contributed by atoms with E-state index in [1.807, 2.05) is 0 Å². The van der Waals surface area contributed by atoms with Gasteiger partial charge in [-0.3, -0.25) is 4.79 Å². The molecule has 0 aromatic heterocycles. The molecule has 0 radical (unpaired) electrons. The summed E-state index contributed by atoms with van der Waals surface area (Å²) < 4.78 is 5.05. The molecule has 0 unspecified atom stereocenters. The van der Waals surface area contributed by atoms with Gasteiger partial charge in [-0.2, -0.15) is 0 Å². The van der Waals surface area contributed by atoms with Crippen molar-refractivity contribution in [1.82, 2.24) is 15.5 Å². The van der Waals surface area contributed by atoms with Crippen LogP contribution in [0.5, 0.6) is 0 Å². The molecule has 6 nitrogen and oxygen atoms in total. The van der Waals surface area contributed by atoms with Crippen LogP contribution in [0.25, 0.3) is 0 Å². The molecule has 1 amide bonds. The molecule has 24 heavy (non-hydrogen) atoms. The number of rotatable bonds is 11. The van der Waals surface area contributed by atoms with Crippen LogP contribution in [0.15, 0.2) is 4.99 Å². The third-order valence-corrected chi connectivity index (χ3v) is 3.66. The van der Waals surface area contributed by atoms with Crippen LogP contribution >= 0.6 is 24.0 Å². The number of methoxy groups -OCH3 is 1. The summed E-state index contributed by atoms with van der Waals surface area (Å²) in [7, 11) is 5.14. The molecule has 0 aromatic carbocycles. The van der Waals surface area contributed by atoms with Crippen LogP contribution in [0.2, 0.25) is 0 Å². The number of likely N-dealkylation sites (N-methyl/N-ethyl adjacent to an activating group) is 1. The molecule has 0 atom stereocenters. The summed E-state index contributed by atoms with van der Waals surface area (Å²) >= 11 is 0. The smallest absolute Gasteiger partial charge is 0.243 e. The molecule has 0 saturated carbocycles. The lowest BCUT2D eigenvalue weighted by atomic mass is 9.87. The molecule has 144 valence electrons. The Hall–Kier alpha value is -0.570. The van der Waals surface area contributed by atoms with E-state index < -0.39 is 0 Å². The number of unbranched alkanes of at least 4 members (excludes halogenated alkanes) is 2. The highest BCUT2D eigenvalue weighted by Gasteiger charge is 2.17. The topological polar surface area (TPSA) is 66.0 Å². The van der Waals surface area contributed by atoms with Crippen molar-refractivity contribution < 1.29 is 9.53 Å². The number of aliphatic imine (C=N–C) groups is 1. The number of carbonyl (C=O) groups is 1. The fourth-order valence-electron chi connectivity index (χ4n) is 2.00. The van der Waals surface area contributed by atoms with Gasteiger partial charge in [0, 0.05) is 34.3 Å². The van der Waals surface area contributed by atoms with Gasteiger partial charge in [-0.25, -0.2) is 4.99 Å². The lowest BCUT2D eigenvalue weighted by Gasteiger charge is -2.26. The minimum absolute atomic E-state index is 0. The van der Waals surface area contributed by atoms with E-state index in [1.165, 1.54) is 25.7 Å². The van der Waals surface area contributed by atoms with Crippen LogP contribution in [0.4, 0.5) is 0 Å². The predicted octanol–water partition coefficient (Wildman–Crippen LogP) is 2.48. The Labute approximate surface area is 165 Å². The number of nitrogens with zero attached hydrogens (tertiary/aromatic N) is 2. The zero-order valence-electron chi connectivity index (χ0n) is 16.3. The Morgan fingerprint density at radius 3 is 2.42 bits per heavy atom. The van der Waals surface area contributed by atoms with Gasteiger partial charge in [-0.05, 0) is 11.8 Å². The second kappa shape index (κ2) is 14.7. The Bertz CT molecular complexity index is 360. The number of hydrogen-bond acceptors (Lipinski definition) is 3. The van der Waals surface area contributed by atoms with Crippen LogP contribution in [-0.2, 0) is 9.53 Å². The zero-order chi connectivity index (χ0) is 17.7. The van der Waals surface area contributed by atoms with E-state index in [1.54, 1.807) is 26.1 Å². The number of hydrogen-bond donors (Lipinski definition) is 2. The van der Waals surface area contributed by atoms with Gasteiger partial charge in [0.2, 0.25) is 5.91 Å². The lowest BCUT2D eigenvalue weighted by molar-refractivity contribution is -0.127. The van der Waals surface area contributed by atoms with E-state index in [4.69, 9.17) is 4.74 Å². The Kier molecular flexibility index (Phi) is 15.8. The normalized spacial score (nSPS) is 11.7. The van der Waals surface area contributed by atoms with E-state index >= 15 is 0 Å². The van der Waals surface area contributed by atoms with Gasteiger partial charge in [-0.15, -0.1) is 24.0 Å². The maximum atomic E-state index is 11.7.